The Bertz CT molecular complexity index is 1220. The van der Waals surface area contributed by atoms with E-state index in [1.54, 1.807) is 31.1 Å². The fourth-order valence-electron chi connectivity index (χ4n) is 4.08. The fourth-order valence-corrected chi connectivity index (χ4v) is 4.08. The number of amides is 2. The monoisotopic (exact) mass is 472 g/mol. The summed E-state index contributed by atoms with van der Waals surface area (Å²) >= 11 is 0. The molecule has 3 aromatic carbocycles. The number of methoxy groups -OCH3 is 2. The number of nitrogens with zero attached hydrogens (tertiary/aromatic N) is 1. The molecule has 2 amide bonds. The minimum Gasteiger partial charge on any atom is -0.493 e. The standard InChI is InChI=1S/C28H28N2O5/c1-19-25(27(31)34-3)26(29-28(32)30(19)17-20-10-6-4-7-11-20)22-14-15-23(24(16-22)33-2)35-18-21-12-8-5-9-13-21/h4-16,26H,17-18H2,1-3H3,(H,29,32)/t26-/m1/s1. The van der Waals surface area contributed by atoms with Gasteiger partial charge in [-0.2, -0.15) is 0 Å². The third kappa shape index (κ3) is 5.30. The first-order valence-corrected chi connectivity index (χ1v) is 11.3. The minimum atomic E-state index is -0.695. The van der Waals surface area contributed by atoms with Crippen molar-refractivity contribution in [3.05, 3.63) is 107 Å². The van der Waals surface area contributed by atoms with Gasteiger partial charge in [0.05, 0.1) is 32.4 Å². The van der Waals surface area contributed by atoms with Gasteiger partial charge in [-0.05, 0) is 35.7 Å². The number of carbonyl (C=O) groups excluding carboxylic acids is 2. The average Bonchev–Trinajstić information content (AvgIpc) is 2.90. The van der Waals surface area contributed by atoms with E-state index in [4.69, 9.17) is 14.2 Å². The summed E-state index contributed by atoms with van der Waals surface area (Å²) in [6, 6.07) is 23.8. The van der Waals surface area contributed by atoms with Gasteiger partial charge in [-0.3, -0.25) is 4.90 Å². The summed E-state index contributed by atoms with van der Waals surface area (Å²) in [4.78, 5) is 27.5. The van der Waals surface area contributed by atoms with Gasteiger partial charge in [0.1, 0.15) is 6.61 Å². The van der Waals surface area contributed by atoms with Crippen LogP contribution >= 0.6 is 0 Å². The Kier molecular flexibility index (Phi) is 7.35. The average molecular weight is 473 g/mol. The van der Waals surface area contributed by atoms with Crippen LogP contribution in [-0.4, -0.2) is 31.1 Å². The molecule has 0 spiro atoms. The zero-order chi connectivity index (χ0) is 24.8. The Morgan fingerprint density at radius 2 is 1.57 bits per heavy atom. The minimum absolute atomic E-state index is 0.299. The number of carbonyl (C=O) groups is 2. The van der Waals surface area contributed by atoms with Crippen molar-refractivity contribution >= 4 is 12.0 Å². The van der Waals surface area contributed by atoms with E-state index < -0.39 is 12.0 Å². The Morgan fingerprint density at radius 3 is 2.20 bits per heavy atom. The van der Waals surface area contributed by atoms with Crippen LogP contribution in [0.25, 0.3) is 0 Å². The van der Waals surface area contributed by atoms with Crippen molar-refractivity contribution in [2.75, 3.05) is 14.2 Å². The Morgan fingerprint density at radius 1 is 0.914 bits per heavy atom. The predicted molar refractivity (Wildman–Crippen MR) is 132 cm³/mol. The highest BCUT2D eigenvalue weighted by molar-refractivity contribution is 5.95. The number of urea groups is 1. The molecular weight excluding hydrogens is 444 g/mol. The molecule has 1 aliphatic heterocycles. The summed E-state index contributed by atoms with van der Waals surface area (Å²) in [6.07, 6.45) is 0. The SMILES string of the molecule is COC(=O)C1=C(C)N(Cc2ccccc2)C(=O)N[C@@H]1c1ccc(OCc2ccccc2)c(OC)c1. The molecule has 0 aliphatic carbocycles. The Labute approximate surface area is 204 Å². The molecule has 1 heterocycles. The van der Waals surface area contributed by atoms with Crippen molar-refractivity contribution in [1.82, 2.24) is 10.2 Å². The van der Waals surface area contributed by atoms with Gasteiger partial charge in [0.2, 0.25) is 0 Å². The van der Waals surface area contributed by atoms with Gasteiger partial charge >= 0.3 is 12.0 Å². The van der Waals surface area contributed by atoms with Gasteiger partial charge in [0.25, 0.3) is 0 Å². The molecule has 4 rings (SSSR count). The van der Waals surface area contributed by atoms with Crippen LogP contribution in [0.1, 0.15) is 29.7 Å². The van der Waals surface area contributed by atoms with E-state index in [0.29, 0.717) is 41.5 Å². The van der Waals surface area contributed by atoms with Gasteiger partial charge in [-0.15, -0.1) is 0 Å². The maximum Gasteiger partial charge on any atom is 0.337 e. The molecule has 1 aliphatic rings. The number of rotatable bonds is 8. The van der Waals surface area contributed by atoms with Crippen LogP contribution in [0.15, 0.2) is 90.1 Å². The van der Waals surface area contributed by atoms with Crippen molar-refractivity contribution in [3.63, 3.8) is 0 Å². The highest BCUT2D eigenvalue weighted by atomic mass is 16.5. The molecule has 0 unspecified atom stereocenters. The third-order valence-electron chi connectivity index (χ3n) is 5.94. The molecule has 1 N–H and O–H groups in total. The number of allylic oxidation sites excluding steroid dienone is 1. The van der Waals surface area contributed by atoms with Crippen LogP contribution in [0, 0.1) is 0 Å². The zero-order valence-electron chi connectivity index (χ0n) is 20.0. The van der Waals surface area contributed by atoms with Crippen molar-refractivity contribution in [3.8, 4) is 11.5 Å². The van der Waals surface area contributed by atoms with Crippen LogP contribution in [0.5, 0.6) is 11.5 Å². The summed E-state index contributed by atoms with van der Waals surface area (Å²) in [6.45, 7) is 2.48. The van der Waals surface area contributed by atoms with Crippen LogP contribution < -0.4 is 14.8 Å². The molecular formula is C28H28N2O5. The normalized spacial score (nSPS) is 15.5. The molecule has 0 radical (unpaired) electrons. The van der Waals surface area contributed by atoms with Crippen molar-refractivity contribution in [1.29, 1.82) is 0 Å². The van der Waals surface area contributed by atoms with Gasteiger partial charge in [0.15, 0.2) is 11.5 Å². The number of esters is 1. The largest absolute Gasteiger partial charge is 0.493 e. The molecule has 0 aromatic heterocycles. The molecule has 0 saturated carbocycles. The van der Waals surface area contributed by atoms with Crippen LogP contribution in [0.2, 0.25) is 0 Å². The van der Waals surface area contributed by atoms with E-state index in [1.165, 1.54) is 7.11 Å². The Balaban J connectivity index is 1.64. The molecule has 0 fully saturated rings. The molecule has 0 saturated heterocycles. The van der Waals surface area contributed by atoms with Crippen LogP contribution in [0.4, 0.5) is 4.79 Å². The van der Waals surface area contributed by atoms with Crippen molar-refractivity contribution in [2.45, 2.75) is 26.1 Å². The number of ether oxygens (including phenoxy) is 3. The van der Waals surface area contributed by atoms with E-state index >= 15 is 0 Å². The lowest BCUT2D eigenvalue weighted by Crippen LogP contribution is -2.47. The van der Waals surface area contributed by atoms with E-state index in [0.717, 1.165) is 11.1 Å². The third-order valence-corrected chi connectivity index (χ3v) is 5.94. The lowest BCUT2D eigenvalue weighted by atomic mass is 9.94. The molecule has 180 valence electrons. The summed E-state index contributed by atoms with van der Waals surface area (Å²) in [5.41, 5.74) is 3.57. The first-order chi connectivity index (χ1) is 17.0. The smallest absolute Gasteiger partial charge is 0.337 e. The number of hydrogen-bond donors (Lipinski definition) is 1. The first-order valence-electron chi connectivity index (χ1n) is 11.3. The number of hydrogen-bond acceptors (Lipinski definition) is 5. The van der Waals surface area contributed by atoms with Gasteiger partial charge in [0, 0.05) is 5.70 Å². The molecule has 7 heteroatoms. The van der Waals surface area contributed by atoms with Gasteiger partial charge in [-0.25, -0.2) is 9.59 Å². The highest BCUT2D eigenvalue weighted by Crippen LogP contribution is 2.36. The first kappa shape index (κ1) is 23.9. The predicted octanol–water partition coefficient (Wildman–Crippen LogP) is 4.99. The van der Waals surface area contributed by atoms with Crippen molar-refractivity contribution < 1.29 is 23.8 Å². The summed E-state index contributed by atoms with van der Waals surface area (Å²) in [5, 5.41) is 2.96. The van der Waals surface area contributed by atoms with E-state index in [1.807, 2.05) is 66.7 Å². The van der Waals surface area contributed by atoms with Crippen molar-refractivity contribution in [2.24, 2.45) is 0 Å². The zero-order valence-corrected chi connectivity index (χ0v) is 20.0. The molecule has 1 atom stereocenters. The summed E-state index contributed by atoms with van der Waals surface area (Å²) in [5.74, 6) is 0.559. The molecule has 7 nitrogen and oxygen atoms in total. The lowest BCUT2D eigenvalue weighted by Gasteiger charge is -2.35. The second kappa shape index (κ2) is 10.8. The molecule has 0 bridgehead atoms. The second-order valence-corrected chi connectivity index (χ2v) is 8.13. The number of nitrogens with one attached hydrogen (secondary N) is 1. The molecule has 3 aromatic rings. The quantitative estimate of drug-likeness (QED) is 0.468. The Hall–Kier alpha value is -4.26. The summed E-state index contributed by atoms with van der Waals surface area (Å²) in [7, 11) is 2.89. The molecule has 35 heavy (non-hydrogen) atoms. The van der Waals surface area contributed by atoms with Gasteiger partial charge < -0.3 is 19.5 Å². The van der Waals surface area contributed by atoms with Crippen LogP contribution in [-0.2, 0) is 22.7 Å². The fraction of sp³-hybridized carbons (Fsp3) is 0.214. The van der Waals surface area contributed by atoms with Gasteiger partial charge in [-0.1, -0.05) is 66.7 Å². The number of benzene rings is 3. The second-order valence-electron chi connectivity index (χ2n) is 8.13. The maximum atomic E-state index is 13.1. The maximum absolute atomic E-state index is 13.1. The highest BCUT2D eigenvalue weighted by Gasteiger charge is 2.36. The van der Waals surface area contributed by atoms with Crippen LogP contribution in [0.3, 0.4) is 0 Å². The summed E-state index contributed by atoms with van der Waals surface area (Å²) < 4.78 is 16.6. The van der Waals surface area contributed by atoms with E-state index in [9.17, 15) is 9.59 Å². The van der Waals surface area contributed by atoms with E-state index in [-0.39, 0.29) is 6.03 Å². The topological polar surface area (TPSA) is 77.1 Å². The lowest BCUT2D eigenvalue weighted by molar-refractivity contribution is -0.136. The van der Waals surface area contributed by atoms with E-state index in [2.05, 4.69) is 5.32 Å².